The largest absolute Gasteiger partial charge is 0.353 e. The van der Waals surface area contributed by atoms with E-state index in [0.29, 0.717) is 5.92 Å². The van der Waals surface area contributed by atoms with Gasteiger partial charge in [0, 0.05) is 38.3 Å². The molecule has 1 saturated heterocycles. The van der Waals surface area contributed by atoms with E-state index >= 15 is 0 Å². The molecule has 0 bridgehead atoms. The van der Waals surface area contributed by atoms with Crippen molar-refractivity contribution >= 4 is 22.3 Å². The average Bonchev–Trinajstić information content (AvgIpc) is 2.97. The Bertz CT molecular complexity index is 602. The first-order valence-electron chi connectivity index (χ1n) is 7.39. The zero-order chi connectivity index (χ0) is 14.8. The maximum atomic E-state index is 4.47. The molecule has 5 nitrogen and oxygen atoms in total. The van der Waals surface area contributed by atoms with E-state index in [1.807, 2.05) is 12.3 Å². The second kappa shape index (κ2) is 5.97. The second-order valence-corrected chi connectivity index (χ2v) is 6.73. The molecule has 1 aliphatic heterocycles. The molecular formula is C15H21N5S. The summed E-state index contributed by atoms with van der Waals surface area (Å²) in [6.45, 7) is 10.3. The van der Waals surface area contributed by atoms with Gasteiger partial charge in [-0.15, -0.1) is 10.2 Å². The third-order valence-corrected chi connectivity index (χ3v) is 4.98. The third-order valence-electron chi connectivity index (χ3n) is 3.70. The fraction of sp³-hybridized carbons (Fsp3) is 0.533. The van der Waals surface area contributed by atoms with Crippen molar-refractivity contribution in [3.8, 4) is 0 Å². The van der Waals surface area contributed by atoms with Crippen LogP contribution in [0.4, 0.5) is 10.9 Å². The van der Waals surface area contributed by atoms with Gasteiger partial charge in [-0.05, 0) is 24.6 Å². The smallest absolute Gasteiger partial charge is 0.208 e. The first-order chi connectivity index (χ1) is 10.1. The molecule has 21 heavy (non-hydrogen) atoms. The van der Waals surface area contributed by atoms with E-state index in [0.717, 1.165) is 42.1 Å². The van der Waals surface area contributed by atoms with Gasteiger partial charge < -0.3 is 9.80 Å². The topological polar surface area (TPSA) is 45.2 Å². The lowest BCUT2D eigenvalue weighted by molar-refractivity contribution is 0.643. The Hall–Kier alpha value is -1.69. The number of nitrogens with zero attached hydrogens (tertiary/aromatic N) is 5. The SMILES string of the molecule is Cc1ccnc(N2CCN(c3nnc(C(C)C)s3)CC2)c1. The van der Waals surface area contributed by atoms with E-state index in [4.69, 9.17) is 0 Å². The highest BCUT2D eigenvalue weighted by atomic mass is 32.1. The highest BCUT2D eigenvalue weighted by Gasteiger charge is 2.21. The molecule has 6 heteroatoms. The number of hydrogen-bond acceptors (Lipinski definition) is 6. The van der Waals surface area contributed by atoms with Gasteiger partial charge in [0.1, 0.15) is 10.8 Å². The van der Waals surface area contributed by atoms with Crippen molar-refractivity contribution in [3.63, 3.8) is 0 Å². The number of pyridine rings is 1. The standard InChI is InChI=1S/C15H21N5S/c1-11(2)14-17-18-15(21-14)20-8-6-19(7-9-20)13-10-12(3)4-5-16-13/h4-5,10-11H,6-9H2,1-3H3. The molecule has 3 rings (SSSR count). The molecule has 2 aromatic heterocycles. The van der Waals surface area contributed by atoms with Crippen LogP contribution < -0.4 is 9.80 Å². The summed E-state index contributed by atoms with van der Waals surface area (Å²) in [5.41, 5.74) is 1.26. The van der Waals surface area contributed by atoms with Gasteiger partial charge in [-0.1, -0.05) is 25.2 Å². The monoisotopic (exact) mass is 303 g/mol. The summed E-state index contributed by atoms with van der Waals surface area (Å²) < 4.78 is 0. The number of aryl methyl sites for hydroxylation is 1. The van der Waals surface area contributed by atoms with Crippen LogP contribution in [0.1, 0.15) is 30.3 Å². The molecule has 0 aliphatic carbocycles. The van der Waals surface area contributed by atoms with E-state index in [1.54, 1.807) is 11.3 Å². The lowest BCUT2D eigenvalue weighted by atomic mass is 10.2. The van der Waals surface area contributed by atoms with Crippen LogP contribution in [-0.2, 0) is 0 Å². The highest BCUT2D eigenvalue weighted by Crippen LogP contribution is 2.26. The van der Waals surface area contributed by atoms with Gasteiger partial charge in [0.2, 0.25) is 5.13 Å². The van der Waals surface area contributed by atoms with Crippen LogP contribution in [0.2, 0.25) is 0 Å². The van der Waals surface area contributed by atoms with Crippen molar-refractivity contribution < 1.29 is 0 Å². The number of piperazine rings is 1. The second-order valence-electron chi connectivity index (χ2n) is 5.74. The summed E-state index contributed by atoms with van der Waals surface area (Å²) in [4.78, 5) is 9.14. The molecule has 0 spiro atoms. The summed E-state index contributed by atoms with van der Waals surface area (Å²) in [6, 6.07) is 4.19. The summed E-state index contributed by atoms with van der Waals surface area (Å²) in [5.74, 6) is 1.53. The van der Waals surface area contributed by atoms with Crippen LogP contribution in [0.25, 0.3) is 0 Å². The van der Waals surface area contributed by atoms with E-state index in [1.165, 1.54) is 5.56 Å². The Kier molecular flexibility index (Phi) is 4.05. The summed E-state index contributed by atoms with van der Waals surface area (Å²) in [5, 5.41) is 10.8. The minimum atomic E-state index is 0.453. The molecule has 112 valence electrons. The Balaban J connectivity index is 1.64. The molecule has 0 atom stereocenters. The highest BCUT2D eigenvalue weighted by molar-refractivity contribution is 7.15. The molecule has 0 saturated carbocycles. The molecule has 1 aliphatic rings. The van der Waals surface area contributed by atoms with Crippen LogP contribution in [-0.4, -0.2) is 41.4 Å². The zero-order valence-corrected chi connectivity index (χ0v) is 13.6. The Labute approximate surface area is 129 Å². The van der Waals surface area contributed by atoms with Gasteiger partial charge >= 0.3 is 0 Å². The third kappa shape index (κ3) is 3.15. The maximum Gasteiger partial charge on any atom is 0.208 e. The predicted octanol–water partition coefficient (Wildman–Crippen LogP) is 2.69. The summed E-state index contributed by atoms with van der Waals surface area (Å²) in [6.07, 6.45) is 1.89. The fourth-order valence-corrected chi connectivity index (χ4v) is 3.31. The predicted molar refractivity (Wildman–Crippen MR) is 87.4 cm³/mol. The number of anilines is 2. The summed E-state index contributed by atoms with van der Waals surface area (Å²) in [7, 11) is 0. The van der Waals surface area contributed by atoms with E-state index in [-0.39, 0.29) is 0 Å². The van der Waals surface area contributed by atoms with E-state index < -0.39 is 0 Å². The van der Waals surface area contributed by atoms with Crippen LogP contribution in [0, 0.1) is 6.92 Å². The molecule has 0 aromatic carbocycles. The van der Waals surface area contributed by atoms with Crippen molar-refractivity contribution in [2.24, 2.45) is 0 Å². The minimum absolute atomic E-state index is 0.453. The van der Waals surface area contributed by atoms with Gasteiger partial charge in [-0.3, -0.25) is 0 Å². The van der Waals surface area contributed by atoms with Crippen molar-refractivity contribution in [1.82, 2.24) is 15.2 Å². The maximum absolute atomic E-state index is 4.47. The Morgan fingerprint density at radius 3 is 2.43 bits per heavy atom. The van der Waals surface area contributed by atoms with Crippen LogP contribution in [0.15, 0.2) is 18.3 Å². The quantitative estimate of drug-likeness (QED) is 0.872. The molecule has 2 aromatic rings. The van der Waals surface area contributed by atoms with Gasteiger partial charge in [-0.2, -0.15) is 0 Å². The van der Waals surface area contributed by atoms with Gasteiger partial charge in [0.15, 0.2) is 0 Å². The van der Waals surface area contributed by atoms with Crippen LogP contribution in [0.5, 0.6) is 0 Å². The number of hydrogen-bond donors (Lipinski definition) is 0. The molecule has 0 N–H and O–H groups in total. The molecule has 0 unspecified atom stereocenters. The minimum Gasteiger partial charge on any atom is -0.353 e. The van der Waals surface area contributed by atoms with Crippen molar-refractivity contribution in [2.45, 2.75) is 26.7 Å². The van der Waals surface area contributed by atoms with E-state index in [9.17, 15) is 0 Å². The van der Waals surface area contributed by atoms with Gasteiger partial charge in [-0.25, -0.2) is 4.98 Å². The van der Waals surface area contributed by atoms with Gasteiger partial charge in [0.05, 0.1) is 0 Å². The lowest BCUT2D eigenvalue weighted by Gasteiger charge is -2.35. The summed E-state index contributed by atoms with van der Waals surface area (Å²) >= 11 is 1.72. The van der Waals surface area contributed by atoms with Crippen molar-refractivity contribution in [1.29, 1.82) is 0 Å². The molecule has 3 heterocycles. The molecule has 1 fully saturated rings. The van der Waals surface area contributed by atoms with Crippen LogP contribution >= 0.6 is 11.3 Å². The average molecular weight is 303 g/mol. The first-order valence-corrected chi connectivity index (χ1v) is 8.21. The lowest BCUT2D eigenvalue weighted by Crippen LogP contribution is -2.46. The molecule has 0 amide bonds. The van der Waals surface area contributed by atoms with Crippen molar-refractivity contribution in [2.75, 3.05) is 36.0 Å². The van der Waals surface area contributed by atoms with E-state index in [2.05, 4.69) is 51.8 Å². The normalized spacial score (nSPS) is 15.8. The fourth-order valence-electron chi connectivity index (χ4n) is 2.41. The number of rotatable bonds is 3. The van der Waals surface area contributed by atoms with Gasteiger partial charge in [0.25, 0.3) is 0 Å². The van der Waals surface area contributed by atoms with Crippen molar-refractivity contribution in [3.05, 3.63) is 28.9 Å². The zero-order valence-electron chi connectivity index (χ0n) is 12.8. The Morgan fingerprint density at radius 1 is 1.10 bits per heavy atom. The van der Waals surface area contributed by atoms with Crippen LogP contribution in [0.3, 0.4) is 0 Å². The first kappa shape index (κ1) is 14.3. The molecular weight excluding hydrogens is 282 g/mol. The molecule has 0 radical (unpaired) electrons. The Morgan fingerprint density at radius 2 is 1.81 bits per heavy atom. The number of aromatic nitrogens is 3.